The SMILES string of the molecule is COCCN(CCOC)C1=C(c2ccccc2OC)C(=O)N(Cc2ccc(Cl)cc2)C1=O. The molecule has 0 fully saturated rings. The van der Waals surface area contributed by atoms with Crippen LogP contribution in [0.15, 0.2) is 54.2 Å². The molecule has 0 aromatic heterocycles. The highest BCUT2D eigenvalue weighted by Crippen LogP contribution is 2.36. The monoisotopic (exact) mass is 458 g/mol. The minimum Gasteiger partial charge on any atom is -0.496 e. The van der Waals surface area contributed by atoms with E-state index in [0.717, 1.165) is 5.56 Å². The fraction of sp³-hybridized carbons (Fsp3) is 0.333. The number of halogens is 1. The number of carbonyl (C=O) groups excluding carboxylic acids is 2. The second-order valence-electron chi connectivity index (χ2n) is 7.22. The number of nitrogens with zero attached hydrogens (tertiary/aromatic N) is 2. The molecule has 2 aromatic rings. The summed E-state index contributed by atoms with van der Waals surface area (Å²) in [7, 11) is 4.73. The zero-order valence-electron chi connectivity index (χ0n) is 18.5. The molecule has 0 N–H and O–H groups in total. The van der Waals surface area contributed by atoms with Crippen molar-refractivity contribution < 1.29 is 23.8 Å². The van der Waals surface area contributed by atoms with E-state index in [2.05, 4.69) is 0 Å². The molecule has 0 saturated carbocycles. The van der Waals surface area contributed by atoms with Crippen molar-refractivity contribution in [2.75, 3.05) is 47.6 Å². The predicted molar refractivity (Wildman–Crippen MR) is 122 cm³/mol. The van der Waals surface area contributed by atoms with Gasteiger partial charge in [0.2, 0.25) is 0 Å². The zero-order chi connectivity index (χ0) is 23.1. The number of imide groups is 1. The van der Waals surface area contributed by atoms with E-state index in [1.165, 1.54) is 4.90 Å². The molecule has 2 aromatic carbocycles. The van der Waals surface area contributed by atoms with E-state index in [-0.39, 0.29) is 18.4 Å². The van der Waals surface area contributed by atoms with Crippen LogP contribution in [0.25, 0.3) is 5.57 Å². The summed E-state index contributed by atoms with van der Waals surface area (Å²) in [6.07, 6.45) is 0. The van der Waals surface area contributed by atoms with Crippen LogP contribution in [0.5, 0.6) is 5.75 Å². The van der Waals surface area contributed by atoms with Gasteiger partial charge in [-0.3, -0.25) is 14.5 Å². The molecule has 7 nitrogen and oxygen atoms in total. The Morgan fingerprint density at radius 2 is 1.50 bits per heavy atom. The molecule has 1 heterocycles. The summed E-state index contributed by atoms with van der Waals surface area (Å²) in [6.45, 7) is 1.79. The second-order valence-corrected chi connectivity index (χ2v) is 7.66. The maximum Gasteiger partial charge on any atom is 0.278 e. The van der Waals surface area contributed by atoms with Crippen LogP contribution in [0.1, 0.15) is 11.1 Å². The molecule has 0 aliphatic carbocycles. The molecule has 1 aliphatic heterocycles. The number of ether oxygens (including phenoxy) is 3. The smallest absolute Gasteiger partial charge is 0.278 e. The summed E-state index contributed by atoms with van der Waals surface area (Å²) in [4.78, 5) is 30.3. The molecule has 0 saturated heterocycles. The van der Waals surface area contributed by atoms with Crippen LogP contribution < -0.4 is 4.74 Å². The van der Waals surface area contributed by atoms with Gasteiger partial charge in [0.05, 0.1) is 32.4 Å². The Morgan fingerprint density at radius 1 is 0.875 bits per heavy atom. The minimum atomic E-state index is -0.371. The molecule has 0 radical (unpaired) electrons. The minimum absolute atomic E-state index is 0.138. The lowest BCUT2D eigenvalue weighted by Gasteiger charge is -2.25. The van der Waals surface area contributed by atoms with Crippen LogP contribution in [0.3, 0.4) is 0 Å². The van der Waals surface area contributed by atoms with E-state index in [1.54, 1.807) is 57.7 Å². The highest BCUT2D eigenvalue weighted by Gasteiger charge is 2.42. The quantitative estimate of drug-likeness (QED) is 0.482. The van der Waals surface area contributed by atoms with Crippen LogP contribution >= 0.6 is 11.6 Å². The third kappa shape index (κ3) is 5.12. The number of hydrogen-bond donors (Lipinski definition) is 0. The molecule has 0 bridgehead atoms. The summed E-state index contributed by atoms with van der Waals surface area (Å²) >= 11 is 5.98. The first-order valence-corrected chi connectivity index (χ1v) is 10.6. The highest BCUT2D eigenvalue weighted by molar-refractivity contribution is 6.36. The summed E-state index contributed by atoms with van der Waals surface area (Å²) < 4.78 is 16.0. The number of amides is 2. The van der Waals surface area contributed by atoms with E-state index in [9.17, 15) is 9.59 Å². The molecule has 32 heavy (non-hydrogen) atoms. The molecule has 2 amide bonds. The molecular weight excluding hydrogens is 432 g/mol. The largest absolute Gasteiger partial charge is 0.496 e. The molecule has 0 unspecified atom stereocenters. The Balaban J connectivity index is 2.07. The Bertz CT molecular complexity index is 982. The molecular formula is C24H27ClN2O5. The summed E-state index contributed by atoms with van der Waals surface area (Å²) in [6, 6.07) is 14.3. The molecule has 0 spiro atoms. The van der Waals surface area contributed by atoms with Crippen molar-refractivity contribution >= 4 is 29.0 Å². The number of benzene rings is 2. The topological polar surface area (TPSA) is 68.3 Å². The van der Waals surface area contributed by atoms with E-state index >= 15 is 0 Å². The van der Waals surface area contributed by atoms with Crippen LogP contribution in [-0.2, 0) is 25.6 Å². The van der Waals surface area contributed by atoms with Crippen molar-refractivity contribution in [3.8, 4) is 5.75 Å². The van der Waals surface area contributed by atoms with Gasteiger partial charge in [0, 0.05) is 37.9 Å². The molecule has 8 heteroatoms. The van der Waals surface area contributed by atoms with Gasteiger partial charge >= 0.3 is 0 Å². The number of carbonyl (C=O) groups is 2. The standard InChI is InChI=1S/C24H27ClN2O5/c1-30-14-12-26(13-15-31-2)22-21(19-6-4-5-7-20(19)32-3)23(28)27(24(22)29)16-17-8-10-18(25)11-9-17/h4-11H,12-16H2,1-3H3. The van der Waals surface area contributed by atoms with Gasteiger partial charge in [0.15, 0.2) is 0 Å². The normalized spacial score (nSPS) is 13.8. The lowest BCUT2D eigenvalue weighted by molar-refractivity contribution is -0.138. The van der Waals surface area contributed by atoms with Crippen molar-refractivity contribution in [1.82, 2.24) is 9.80 Å². The Labute approximate surface area is 193 Å². The first-order chi connectivity index (χ1) is 15.5. The molecule has 3 rings (SSSR count). The van der Waals surface area contributed by atoms with E-state index in [4.69, 9.17) is 25.8 Å². The lowest BCUT2D eigenvalue weighted by Crippen LogP contribution is -2.37. The average Bonchev–Trinajstić information content (AvgIpc) is 3.05. The van der Waals surface area contributed by atoms with Gasteiger partial charge in [-0.2, -0.15) is 0 Å². The van der Waals surface area contributed by atoms with Gasteiger partial charge in [-0.25, -0.2) is 0 Å². The molecule has 1 aliphatic rings. The number of methoxy groups -OCH3 is 3. The first kappa shape index (κ1) is 23.8. The Hall–Kier alpha value is -2.87. The summed E-state index contributed by atoms with van der Waals surface area (Å²) in [5, 5.41) is 0.589. The fourth-order valence-corrected chi connectivity index (χ4v) is 3.73. The zero-order valence-corrected chi connectivity index (χ0v) is 19.2. The van der Waals surface area contributed by atoms with Crippen LogP contribution in [0.2, 0.25) is 5.02 Å². The first-order valence-electron chi connectivity index (χ1n) is 10.2. The van der Waals surface area contributed by atoms with Crippen molar-refractivity contribution in [2.24, 2.45) is 0 Å². The van der Waals surface area contributed by atoms with E-state index in [1.807, 2.05) is 17.0 Å². The van der Waals surface area contributed by atoms with Crippen LogP contribution in [0, 0.1) is 0 Å². The number of para-hydroxylation sites is 1. The second kappa shape index (κ2) is 11.1. The fourth-order valence-electron chi connectivity index (χ4n) is 3.60. The maximum absolute atomic E-state index is 13.6. The molecule has 170 valence electrons. The van der Waals surface area contributed by atoms with Gasteiger partial charge < -0.3 is 19.1 Å². The summed E-state index contributed by atoms with van der Waals surface area (Å²) in [5.74, 6) is -0.213. The third-order valence-corrected chi connectivity index (χ3v) is 5.47. The predicted octanol–water partition coefficient (Wildman–Crippen LogP) is 3.22. The average molecular weight is 459 g/mol. The number of rotatable bonds is 11. The Kier molecular flexibility index (Phi) is 8.27. The van der Waals surface area contributed by atoms with E-state index < -0.39 is 0 Å². The highest BCUT2D eigenvalue weighted by atomic mass is 35.5. The van der Waals surface area contributed by atoms with Crippen LogP contribution in [0.4, 0.5) is 0 Å². The van der Waals surface area contributed by atoms with Gasteiger partial charge in [-0.15, -0.1) is 0 Å². The van der Waals surface area contributed by atoms with Crippen LogP contribution in [-0.4, -0.2) is 69.2 Å². The van der Waals surface area contributed by atoms with Crippen molar-refractivity contribution in [2.45, 2.75) is 6.54 Å². The lowest BCUT2D eigenvalue weighted by atomic mass is 10.0. The van der Waals surface area contributed by atoms with Gasteiger partial charge in [0.25, 0.3) is 11.8 Å². The van der Waals surface area contributed by atoms with Crippen molar-refractivity contribution in [3.05, 3.63) is 70.4 Å². The van der Waals surface area contributed by atoms with Crippen molar-refractivity contribution in [3.63, 3.8) is 0 Å². The molecule has 0 atom stereocenters. The number of hydrogen-bond acceptors (Lipinski definition) is 6. The van der Waals surface area contributed by atoms with Gasteiger partial charge in [-0.1, -0.05) is 41.9 Å². The van der Waals surface area contributed by atoms with Crippen molar-refractivity contribution in [1.29, 1.82) is 0 Å². The summed E-state index contributed by atoms with van der Waals surface area (Å²) in [5.41, 5.74) is 2.01. The van der Waals surface area contributed by atoms with E-state index in [0.29, 0.717) is 53.9 Å². The maximum atomic E-state index is 13.6. The Morgan fingerprint density at radius 3 is 2.09 bits per heavy atom. The van der Waals surface area contributed by atoms with Gasteiger partial charge in [-0.05, 0) is 23.8 Å². The van der Waals surface area contributed by atoms with Gasteiger partial charge in [0.1, 0.15) is 11.4 Å². The third-order valence-electron chi connectivity index (χ3n) is 5.22.